The van der Waals surface area contributed by atoms with Gasteiger partial charge in [-0.05, 0) is 24.6 Å². The number of aryl methyl sites for hydroxylation is 1. The molecule has 8 heteroatoms. The van der Waals surface area contributed by atoms with Gasteiger partial charge in [0.25, 0.3) is 0 Å². The van der Waals surface area contributed by atoms with E-state index in [0.717, 1.165) is 30.0 Å². The zero-order valence-electron chi connectivity index (χ0n) is 18.0. The number of aromatic nitrogens is 2. The van der Waals surface area contributed by atoms with E-state index in [1.54, 1.807) is 10.7 Å². The van der Waals surface area contributed by atoms with E-state index in [4.69, 9.17) is 19.3 Å². The van der Waals surface area contributed by atoms with E-state index in [1.165, 1.54) is 5.56 Å². The van der Waals surface area contributed by atoms with Crippen LogP contribution >= 0.6 is 0 Å². The Morgan fingerprint density at radius 2 is 1.75 bits per heavy atom. The van der Waals surface area contributed by atoms with Crippen molar-refractivity contribution in [3.8, 4) is 22.6 Å². The number of amides is 1. The van der Waals surface area contributed by atoms with E-state index in [9.17, 15) is 4.79 Å². The Hall–Kier alpha value is -3.52. The minimum Gasteiger partial charge on any atom is -0.486 e. The highest BCUT2D eigenvalue weighted by molar-refractivity contribution is 5.91. The zero-order valence-corrected chi connectivity index (χ0v) is 18.0. The topological polar surface area (TPSA) is 77.9 Å². The first-order valence-electron chi connectivity index (χ1n) is 10.8. The molecule has 0 radical (unpaired) electrons. The number of nitrogens with zero attached hydrogens (tertiary/aromatic N) is 3. The number of carbonyl (C=O) groups excluding carboxylic acids is 1. The fourth-order valence-electron chi connectivity index (χ4n) is 3.91. The highest BCUT2D eigenvalue weighted by Gasteiger charge is 2.21. The van der Waals surface area contributed by atoms with Crippen LogP contribution in [0.25, 0.3) is 11.1 Å². The minimum absolute atomic E-state index is 0.109. The van der Waals surface area contributed by atoms with Gasteiger partial charge in [-0.15, -0.1) is 0 Å². The standard InChI is InChI=1S/C24H26N4O4/c1-17-2-4-18(5-3-17)20-15-28(26-24(20)27-8-10-30-11-9-27)16-23(29)25-19-6-7-21-22(14-19)32-13-12-31-21/h2-7,14-15H,8-13,16H2,1H3,(H,25,29). The van der Waals surface area contributed by atoms with Crippen molar-refractivity contribution in [2.75, 3.05) is 49.7 Å². The number of hydrogen-bond acceptors (Lipinski definition) is 6. The lowest BCUT2D eigenvalue weighted by Crippen LogP contribution is -2.36. The largest absolute Gasteiger partial charge is 0.486 e. The second-order valence-electron chi connectivity index (χ2n) is 7.94. The average molecular weight is 434 g/mol. The van der Waals surface area contributed by atoms with E-state index >= 15 is 0 Å². The van der Waals surface area contributed by atoms with Crippen LogP contribution in [0.1, 0.15) is 5.56 Å². The van der Waals surface area contributed by atoms with Gasteiger partial charge in [0.05, 0.1) is 13.2 Å². The van der Waals surface area contributed by atoms with Crippen molar-refractivity contribution in [2.24, 2.45) is 0 Å². The van der Waals surface area contributed by atoms with Crippen LogP contribution in [-0.4, -0.2) is 55.2 Å². The molecule has 3 heterocycles. The van der Waals surface area contributed by atoms with Crippen LogP contribution in [0.3, 0.4) is 0 Å². The van der Waals surface area contributed by atoms with Crippen LogP contribution in [0.15, 0.2) is 48.7 Å². The number of carbonyl (C=O) groups is 1. The van der Waals surface area contributed by atoms with Gasteiger partial charge in [-0.1, -0.05) is 29.8 Å². The Labute approximate surface area is 186 Å². The molecule has 1 fully saturated rings. The predicted octanol–water partition coefficient (Wildman–Crippen LogP) is 3.11. The summed E-state index contributed by atoms with van der Waals surface area (Å²) in [7, 11) is 0. The van der Waals surface area contributed by atoms with E-state index in [2.05, 4.69) is 41.4 Å². The number of benzene rings is 2. The third-order valence-electron chi connectivity index (χ3n) is 5.55. The summed E-state index contributed by atoms with van der Waals surface area (Å²) in [5.74, 6) is 2.06. The Morgan fingerprint density at radius 3 is 2.53 bits per heavy atom. The van der Waals surface area contributed by atoms with E-state index in [-0.39, 0.29) is 12.5 Å². The molecule has 8 nitrogen and oxygen atoms in total. The van der Waals surface area contributed by atoms with Crippen LogP contribution in [0, 0.1) is 6.92 Å². The van der Waals surface area contributed by atoms with Crippen LogP contribution in [-0.2, 0) is 16.1 Å². The molecule has 2 aliphatic heterocycles. The molecule has 0 spiro atoms. The third kappa shape index (κ3) is 4.40. The molecule has 32 heavy (non-hydrogen) atoms. The van der Waals surface area contributed by atoms with Crippen LogP contribution in [0.4, 0.5) is 11.5 Å². The maximum atomic E-state index is 12.8. The van der Waals surface area contributed by atoms with Gasteiger partial charge in [0.2, 0.25) is 5.91 Å². The highest BCUT2D eigenvalue weighted by atomic mass is 16.6. The molecule has 0 bridgehead atoms. The molecule has 2 aliphatic rings. The molecule has 3 aromatic rings. The molecule has 0 saturated carbocycles. The molecule has 0 aliphatic carbocycles. The number of ether oxygens (including phenoxy) is 3. The molecule has 1 saturated heterocycles. The summed E-state index contributed by atoms with van der Waals surface area (Å²) in [4.78, 5) is 15.0. The summed E-state index contributed by atoms with van der Waals surface area (Å²) in [6.07, 6.45) is 1.94. The Morgan fingerprint density at radius 1 is 1.00 bits per heavy atom. The molecule has 1 aromatic heterocycles. The van der Waals surface area contributed by atoms with Crippen molar-refractivity contribution in [1.82, 2.24) is 9.78 Å². The Kier molecular flexibility index (Phi) is 5.68. The lowest BCUT2D eigenvalue weighted by atomic mass is 10.1. The number of hydrogen-bond donors (Lipinski definition) is 1. The van der Waals surface area contributed by atoms with Crippen LogP contribution < -0.4 is 19.7 Å². The third-order valence-corrected chi connectivity index (χ3v) is 5.55. The first-order chi connectivity index (χ1) is 15.7. The number of nitrogens with one attached hydrogen (secondary N) is 1. The lowest BCUT2D eigenvalue weighted by molar-refractivity contribution is -0.116. The summed E-state index contributed by atoms with van der Waals surface area (Å²) in [5.41, 5.74) is 3.96. The smallest absolute Gasteiger partial charge is 0.246 e. The number of anilines is 2. The van der Waals surface area contributed by atoms with Gasteiger partial charge in [0, 0.05) is 36.6 Å². The van der Waals surface area contributed by atoms with Gasteiger partial charge in [-0.3, -0.25) is 9.48 Å². The van der Waals surface area contributed by atoms with Crippen molar-refractivity contribution in [1.29, 1.82) is 0 Å². The summed E-state index contributed by atoms with van der Waals surface area (Å²) in [6, 6.07) is 13.8. The van der Waals surface area contributed by atoms with Gasteiger partial charge in [-0.25, -0.2) is 0 Å². The van der Waals surface area contributed by atoms with E-state index in [1.807, 2.05) is 18.3 Å². The monoisotopic (exact) mass is 434 g/mol. The maximum absolute atomic E-state index is 12.8. The quantitative estimate of drug-likeness (QED) is 0.665. The average Bonchev–Trinajstić information content (AvgIpc) is 3.23. The number of fused-ring (bicyclic) bond motifs is 1. The molecule has 166 valence electrons. The molecule has 0 unspecified atom stereocenters. The molecule has 0 atom stereocenters. The normalized spacial score (nSPS) is 15.5. The second-order valence-corrected chi connectivity index (χ2v) is 7.94. The number of rotatable bonds is 5. The van der Waals surface area contributed by atoms with Crippen LogP contribution in [0.2, 0.25) is 0 Å². The molecular weight excluding hydrogens is 408 g/mol. The molecule has 1 amide bonds. The molecule has 5 rings (SSSR count). The van der Waals surface area contributed by atoms with Crippen LogP contribution in [0.5, 0.6) is 11.5 Å². The fraction of sp³-hybridized carbons (Fsp3) is 0.333. The van der Waals surface area contributed by atoms with Crippen molar-refractivity contribution < 1.29 is 19.0 Å². The van der Waals surface area contributed by atoms with Gasteiger partial charge in [-0.2, -0.15) is 5.10 Å². The van der Waals surface area contributed by atoms with Crippen molar-refractivity contribution in [2.45, 2.75) is 13.5 Å². The first-order valence-corrected chi connectivity index (χ1v) is 10.8. The second kappa shape index (κ2) is 8.92. The van der Waals surface area contributed by atoms with Gasteiger partial charge in [0.15, 0.2) is 17.3 Å². The lowest BCUT2D eigenvalue weighted by Gasteiger charge is -2.27. The summed E-state index contributed by atoms with van der Waals surface area (Å²) < 4.78 is 18.3. The van der Waals surface area contributed by atoms with Crippen molar-refractivity contribution >= 4 is 17.4 Å². The molecular formula is C24H26N4O4. The Balaban J connectivity index is 1.36. The fourth-order valence-corrected chi connectivity index (χ4v) is 3.91. The Bertz CT molecular complexity index is 1100. The maximum Gasteiger partial charge on any atom is 0.246 e. The van der Waals surface area contributed by atoms with Gasteiger partial charge in [0.1, 0.15) is 19.8 Å². The highest BCUT2D eigenvalue weighted by Crippen LogP contribution is 2.33. The first kappa shape index (κ1) is 20.4. The predicted molar refractivity (Wildman–Crippen MR) is 121 cm³/mol. The van der Waals surface area contributed by atoms with Crippen molar-refractivity contribution in [3.05, 3.63) is 54.2 Å². The number of morpholine rings is 1. The molecule has 2 aromatic carbocycles. The summed E-state index contributed by atoms with van der Waals surface area (Å²) >= 11 is 0. The summed E-state index contributed by atoms with van der Waals surface area (Å²) in [5, 5.41) is 7.69. The van der Waals surface area contributed by atoms with Gasteiger partial charge < -0.3 is 24.4 Å². The SMILES string of the molecule is Cc1ccc(-c2cn(CC(=O)Nc3ccc4c(c3)OCCO4)nc2N2CCOCC2)cc1. The summed E-state index contributed by atoms with van der Waals surface area (Å²) in [6.45, 7) is 6.11. The minimum atomic E-state index is -0.159. The van der Waals surface area contributed by atoms with E-state index < -0.39 is 0 Å². The van der Waals surface area contributed by atoms with Crippen molar-refractivity contribution in [3.63, 3.8) is 0 Å². The van der Waals surface area contributed by atoms with E-state index in [0.29, 0.717) is 43.6 Å². The zero-order chi connectivity index (χ0) is 21.9. The van der Waals surface area contributed by atoms with Gasteiger partial charge >= 0.3 is 0 Å². The molecule has 1 N–H and O–H groups in total.